The molecular weight excluding hydrogens is 793 g/mol. The molecule has 3 heterocycles. The van der Waals surface area contributed by atoms with Crippen LogP contribution in [0.15, 0.2) is 206 Å². The molecule has 0 bridgehead atoms. The molecule has 0 aliphatic rings. The summed E-state index contributed by atoms with van der Waals surface area (Å²) >= 11 is 3.58. The molecule has 0 aliphatic carbocycles. The Morgan fingerprint density at radius 1 is 0.306 bits per heavy atom. The number of thiophene rings is 1. The molecule has 0 atom stereocenters. The van der Waals surface area contributed by atoms with Crippen molar-refractivity contribution in [3.8, 4) is 78.1 Å². The van der Waals surface area contributed by atoms with Crippen LogP contribution in [-0.4, -0.2) is 19.9 Å². The second-order valence-corrected chi connectivity index (χ2v) is 17.5. The van der Waals surface area contributed by atoms with Gasteiger partial charge in [0.1, 0.15) is 5.01 Å². The third-order valence-electron chi connectivity index (χ3n) is 11.6. The fourth-order valence-corrected chi connectivity index (χ4v) is 10.7. The minimum absolute atomic E-state index is 0.620. The molecule has 0 N–H and O–H groups in total. The van der Waals surface area contributed by atoms with E-state index in [1.165, 1.54) is 47.8 Å². The Bertz CT molecular complexity index is 3610. The number of hydrogen-bond donors (Lipinski definition) is 0. The Hall–Kier alpha value is -7.64. The molecule has 0 unspecified atom stereocenters. The van der Waals surface area contributed by atoms with Gasteiger partial charge in [-0.05, 0) is 62.9 Å². The molecule has 6 heteroatoms. The van der Waals surface area contributed by atoms with Gasteiger partial charge in [-0.3, -0.25) is 0 Å². The summed E-state index contributed by atoms with van der Waals surface area (Å²) < 4.78 is 3.64. The molecule has 9 aromatic carbocycles. The van der Waals surface area contributed by atoms with E-state index in [0.717, 1.165) is 54.0 Å². The molecule has 0 radical (unpaired) electrons. The third-order valence-corrected chi connectivity index (χ3v) is 13.8. The van der Waals surface area contributed by atoms with Gasteiger partial charge in [-0.2, -0.15) is 0 Å². The van der Waals surface area contributed by atoms with Gasteiger partial charge in [-0.25, -0.2) is 19.9 Å². The summed E-state index contributed by atoms with van der Waals surface area (Å²) in [7, 11) is 0. The van der Waals surface area contributed by atoms with Crippen molar-refractivity contribution in [2.24, 2.45) is 0 Å². The molecule has 0 fully saturated rings. The van der Waals surface area contributed by atoms with E-state index >= 15 is 0 Å². The van der Waals surface area contributed by atoms with Gasteiger partial charge in [0.05, 0.1) is 10.2 Å². The van der Waals surface area contributed by atoms with E-state index in [-0.39, 0.29) is 0 Å². The molecule has 0 spiro atoms. The summed E-state index contributed by atoms with van der Waals surface area (Å²) in [6, 6.07) is 72.7. The number of rotatable bonds is 7. The van der Waals surface area contributed by atoms with Gasteiger partial charge >= 0.3 is 0 Å². The predicted molar refractivity (Wildman–Crippen MR) is 261 cm³/mol. The van der Waals surface area contributed by atoms with Gasteiger partial charge < -0.3 is 0 Å². The lowest BCUT2D eigenvalue weighted by molar-refractivity contribution is 1.07. The molecule has 3 aromatic heterocycles. The lowest BCUT2D eigenvalue weighted by Crippen LogP contribution is -2.00. The summed E-state index contributed by atoms with van der Waals surface area (Å²) in [6.07, 6.45) is 0. The third kappa shape index (κ3) is 6.54. The average molecular weight is 827 g/mol. The smallest absolute Gasteiger partial charge is 0.164 e. The zero-order chi connectivity index (χ0) is 41.0. The first-order valence-corrected chi connectivity index (χ1v) is 22.2. The Labute approximate surface area is 366 Å². The highest BCUT2D eigenvalue weighted by atomic mass is 32.1. The average Bonchev–Trinajstić information content (AvgIpc) is 3.95. The normalized spacial score (nSPS) is 11.5. The van der Waals surface area contributed by atoms with Crippen LogP contribution < -0.4 is 0 Å². The lowest BCUT2D eigenvalue weighted by Gasteiger charge is -2.11. The topological polar surface area (TPSA) is 51.6 Å². The van der Waals surface area contributed by atoms with Crippen LogP contribution in [0.3, 0.4) is 0 Å². The van der Waals surface area contributed by atoms with Gasteiger partial charge in [-0.1, -0.05) is 182 Å². The Morgan fingerprint density at radius 2 is 0.823 bits per heavy atom. The number of thiazole rings is 1. The highest BCUT2D eigenvalue weighted by Gasteiger charge is 2.21. The fraction of sp³-hybridized carbons (Fsp3) is 0. The standard InChI is InChI=1S/C56H34N4S2/c1-3-12-35(13-4-1)38-22-27-40(28-23-38)53-58-54(60-55(59-53)45-31-26-37-16-7-8-17-42(37)32-45)44-19-11-18-43(33-44)50-51-46-20-9-10-21-48(46)61-49(51)34-47-52(50)62-56(57-47)41-29-24-39(25-30-41)36-14-5-2-6-15-36/h1-34H. The van der Waals surface area contributed by atoms with Gasteiger partial charge in [0.15, 0.2) is 17.5 Å². The number of hydrogen-bond acceptors (Lipinski definition) is 6. The van der Waals surface area contributed by atoms with Gasteiger partial charge in [0.2, 0.25) is 0 Å². The van der Waals surface area contributed by atoms with Crippen LogP contribution >= 0.6 is 22.7 Å². The Kier molecular flexibility index (Phi) is 8.84. The van der Waals surface area contributed by atoms with Gasteiger partial charge in [0.25, 0.3) is 0 Å². The summed E-state index contributed by atoms with van der Waals surface area (Å²) in [5.41, 5.74) is 11.9. The molecule has 0 saturated carbocycles. The molecule has 0 saturated heterocycles. The Morgan fingerprint density at radius 3 is 1.53 bits per heavy atom. The van der Waals surface area contributed by atoms with Crippen molar-refractivity contribution in [3.63, 3.8) is 0 Å². The number of benzene rings is 9. The zero-order valence-corrected chi connectivity index (χ0v) is 34.9. The quantitative estimate of drug-likeness (QED) is 0.161. The van der Waals surface area contributed by atoms with Crippen LogP contribution in [0, 0.1) is 0 Å². The predicted octanol–water partition coefficient (Wildman–Crippen LogP) is 15.7. The first kappa shape index (κ1) is 36.2. The van der Waals surface area contributed by atoms with Crippen molar-refractivity contribution in [1.82, 2.24) is 19.9 Å². The summed E-state index contributed by atoms with van der Waals surface area (Å²) in [6.45, 7) is 0. The monoisotopic (exact) mass is 826 g/mol. The lowest BCUT2D eigenvalue weighted by atomic mass is 9.97. The van der Waals surface area contributed by atoms with E-state index in [0.29, 0.717) is 17.5 Å². The van der Waals surface area contributed by atoms with Crippen molar-refractivity contribution in [1.29, 1.82) is 0 Å². The van der Waals surface area contributed by atoms with Crippen LogP contribution in [0.1, 0.15) is 0 Å². The molecule has 4 nitrogen and oxygen atoms in total. The highest BCUT2D eigenvalue weighted by Crippen LogP contribution is 2.47. The summed E-state index contributed by atoms with van der Waals surface area (Å²) in [5.74, 6) is 1.88. The molecule has 12 aromatic rings. The molecule has 12 rings (SSSR count). The molecule has 0 amide bonds. The van der Waals surface area contributed by atoms with E-state index in [4.69, 9.17) is 19.9 Å². The second kappa shape index (κ2) is 15.1. The van der Waals surface area contributed by atoms with Crippen LogP contribution in [-0.2, 0) is 0 Å². The van der Waals surface area contributed by atoms with Crippen LogP contribution in [0.25, 0.3) is 119 Å². The van der Waals surface area contributed by atoms with E-state index in [1.807, 2.05) is 17.4 Å². The van der Waals surface area contributed by atoms with Crippen molar-refractivity contribution in [3.05, 3.63) is 206 Å². The molecule has 0 aliphatic heterocycles. The summed E-state index contributed by atoms with van der Waals surface area (Å²) in [5, 5.41) is 5.80. The van der Waals surface area contributed by atoms with E-state index in [1.54, 1.807) is 11.3 Å². The minimum Gasteiger partial charge on any atom is -0.236 e. The first-order chi connectivity index (χ1) is 30.7. The Balaban J connectivity index is 1.02. The molecule has 62 heavy (non-hydrogen) atoms. The number of fused-ring (bicyclic) bond motifs is 5. The van der Waals surface area contributed by atoms with Crippen molar-refractivity contribution in [2.75, 3.05) is 0 Å². The van der Waals surface area contributed by atoms with Gasteiger partial charge in [-0.15, -0.1) is 22.7 Å². The highest BCUT2D eigenvalue weighted by molar-refractivity contribution is 7.26. The maximum absolute atomic E-state index is 5.30. The largest absolute Gasteiger partial charge is 0.236 e. The maximum atomic E-state index is 5.30. The van der Waals surface area contributed by atoms with Crippen molar-refractivity contribution >= 4 is 63.8 Å². The van der Waals surface area contributed by atoms with E-state index in [9.17, 15) is 0 Å². The van der Waals surface area contributed by atoms with E-state index < -0.39 is 0 Å². The summed E-state index contributed by atoms with van der Waals surface area (Å²) in [4.78, 5) is 20.8. The van der Waals surface area contributed by atoms with Crippen molar-refractivity contribution in [2.45, 2.75) is 0 Å². The van der Waals surface area contributed by atoms with Crippen LogP contribution in [0.4, 0.5) is 0 Å². The SMILES string of the molecule is c1ccc(-c2ccc(-c3nc(-c4cccc(-c5c6sc(-c7ccc(-c8ccccc8)cc7)nc6cc6sc7ccccc7c56)c4)nc(-c4ccc5ccccc5c4)n3)cc2)cc1. The van der Waals surface area contributed by atoms with Gasteiger partial charge in [0, 0.05) is 48.0 Å². The van der Waals surface area contributed by atoms with Crippen LogP contribution in [0.5, 0.6) is 0 Å². The van der Waals surface area contributed by atoms with Crippen LogP contribution in [0.2, 0.25) is 0 Å². The van der Waals surface area contributed by atoms with E-state index in [2.05, 4.69) is 200 Å². The second-order valence-electron chi connectivity index (χ2n) is 15.4. The molecular formula is C56H34N4S2. The minimum atomic E-state index is 0.620. The number of aromatic nitrogens is 4. The zero-order valence-electron chi connectivity index (χ0n) is 33.2. The first-order valence-electron chi connectivity index (χ1n) is 20.6. The fourth-order valence-electron chi connectivity index (χ4n) is 8.45. The maximum Gasteiger partial charge on any atom is 0.164 e. The number of nitrogens with zero attached hydrogens (tertiary/aromatic N) is 4. The van der Waals surface area contributed by atoms with Crippen molar-refractivity contribution < 1.29 is 0 Å². The molecule has 290 valence electrons.